The van der Waals surface area contributed by atoms with Gasteiger partial charge < -0.3 is 15.0 Å². The summed E-state index contributed by atoms with van der Waals surface area (Å²) in [6.07, 6.45) is 2.36. The number of nitrogens with zero attached hydrogens (tertiary/aromatic N) is 2. The SMILES string of the molecule is COCCC(=O)Cc1ccc2c(c1)CC(=O)[C@@H](C)N(Cc1ccc(C(=O)Nc3ccc(C)cn3)cc1)C2=O. The van der Waals surface area contributed by atoms with Crippen LogP contribution in [-0.2, 0) is 33.7 Å². The normalized spacial score (nSPS) is 15.1. The molecule has 2 aromatic carbocycles. The molecule has 4 rings (SSSR count). The first-order chi connectivity index (χ1) is 18.2. The number of amides is 2. The Balaban J connectivity index is 1.47. The zero-order valence-corrected chi connectivity index (χ0v) is 21.8. The molecule has 8 nitrogen and oxygen atoms in total. The zero-order chi connectivity index (χ0) is 27.2. The number of fused-ring (bicyclic) bond motifs is 1. The van der Waals surface area contributed by atoms with Crippen LogP contribution in [0.2, 0.25) is 0 Å². The van der Waals surface area contributed by atoms with Crippen LogP contribution in [0.25, 0.3) is 0 Å². The number of methoxy groups -OCH3 is 1. The second kappa shape index (κ2) is 11.9. The van der Waals surface area contributed by atoms with Crippen LogP contribution < -0.4 is 5.32 Å². The van der Waals surface area contributed by atoms with Crippen LogP contribution in [0.5, 0.6) is 0 Å². The van der Waals surface area contributed by atoms with Gasteiger partial charge in [-0.15, -0.1) is 0 Å². The average Bonchev–Trinajstić information content (AvgIpc) is 2.99. The van der Waals surface area contributed by atoms with E-state index in [9.17, 15) is 19.2 Å². The van der Waals surface area contributed by atoms with Gasteiger partial charge in [-0.1, -0.05) is 30.3 Å². The van der Waals surface area contributed by atoms with Crippen LogP contribution >= 0.6 is 0 Å². The first-order valence-electron chi connectivity index (χ1n) is 12.5. The van der Waals surface area contributed by atoms with Crippen molar-refractivity contribution in [2.45, 2.75) is 45.7 Å². The van der Waals surface area contributed by atoms with Gasteiger partial charge in [0, 0.05) is 50.2 Å². The molecular weight excluding hydrogens is 482 g/mol. The molecule has 0 saturated heterocycles. The highest BCUT2D eigenvalue weighted by atomic mass is 16.5. The third-order valence-electron chi connectivity index (χ3n) is 6.67. The number of hydrogen-bond acceptors (Lipinski definition) is 6. The summed E-state index contributed by atoms with van der Waals surface area (Å²) in [5.41, 5.74) is 4.15. The van der Waals surface area contributed by atoms with Crippen molar-refractivity contribution >= 4 is 29.2 Å². The number of ether oxygens (including phenoxy) is 1. The molecule has 196 valence electrons. The second-order valence-electron chi connectivity index (χ2n) is 9.57. The fourth-order valence-corrected chi connectivity index (χ4v) is 4.38. The summed E-state index contributed by atoms with van der Waals surface area (Å²) in [6, 6.07) is 15.2. The van der Waals surface area contributed by atoms with Crippen LogP contribution in [0.4, 0.5) is 5.82 Å². The van der Waals surface area contributed by atoms with Gasteiger partial charge >= 0.3 is 0 Å². The Morgan fingerprint density at radius 1 is 1.05 bits per heavy atom. The van der Waals surface area contributed by atoms with E-state index in [1.54, 1.807) is 73.7 Å². The lowest BCUT2D eigenvalue weighted by Crippen LogP contribution is -2.41. The summed E-state index contributed by atoms with van der Waals surface area (Å²) < 4.78 is 4.97. The van der Waals surface area contributed by atoms with E-state index in [1.165, 1.54) is 0 Å². The largest absolute Gasteiger partial charge is 0.384 e. The Bertz CT molecular complexity index is 1350. The van der Waals surface area contributed by atoms with E-state index in [0.29, 0.717) is 35.5 Å². The fourth-order valence-electron chi connectivity index (χ4n) is 4.38. The van der Waals surface area contributed by atoms with Crippen molar-refractivity contribution in [3.63, 3.8) is 0 Å². The quantitative estimate of drug-likeness (QED) is 0.465. The summed E-state index contributed by atoms with van der Waals surface area (Å²) in [7, 11) is 1.55. The van der Waals surface area contributed by atoms with Crippen LogP contribution in [0, 0.1) is 6.92 Å². The Morgan fingerprint density at radius 2 is 1.79 bits per heavy atom. The maximum Gasteiger partial charge on any atom is 0.256 e. The predicted molar refractivity (Wildman–Crippen MR) is 143 cm³/mol. The molecule has 0 bridgehead atoms. The van der Waals surface area contributed by atoms with Crippen LogP contribution in [0.1, 0.15) is 56.3 Å². The lowest BCUT2D eigenvalue weighted by molar-refractivity contribution is -0.122. The van der Waals surface area contributed by atoms with E-state index in [4.69, 9.17) is 4.74 Å². The van der Waals surface area contributed by atoms with E-state index in [0.717, 1.165) is 16.7 Å². The molecule has 1 atom stereocenters. The van der Waals surface area contributed by atoms with Gasteiger partial charge in [-0.3, -0.25) is 19.2 Å². The van der Waals surface area contributed by atoms with E-state index < -0.39 is 6.04 Å². The molecule has 0 spiro atoms. The topological polar surface area (TPSA) is 106 Å². The summed E-state index contributed by atoms with van der Waals surface area (Å²) in [4.78, 5) is 57.0. The van der Waals surface area contributed by atoms with Crippen molar-refractivity contribution in [1.82, 2.24) is 9.88 Å². The third-order valence-corrected chi connectivity index (χ3v) is 6.67. The second-order valence-corrected chi connectivity index (χ2v) is 9.57. The van der Waals surface area contributed by atoms with E-state index in [2.05, 4.69) is 10.3 Å². The summed E-state index contributed by atoms with van der Waals surface area (Å²) in [6.45, 7) is 4.24. The molecular formula is C30H31N3O5. The lowest BCUT2D eigenvalue weighted by Gasteiger charge is -2.26. The number of aromatic nitrogens is 1. The molecule has 8 heteroatoms. The fraction of sp³-hybridized carbons (Fsp3) is 0.300. The minimum absolute atomic E-state index is 0.0420. The van der Waals surface area contributed by atoms with Crippen molar-refractivity contribution in [2.24, 2.45) is 0 Å². The highest BCUT2D eigenvalue weighted by Gasteiger charge is 2.32. The first-order valence-corrected chi connectivity index (χ1v) is 12.5. The van der Waals surface area contributed by atoms with Crippen LogP contribution in [-0.4, -0.2) is 53.0 Å². The number of benzene rings is 2. The predicted octanol–water partition coefficient (Wildman–Crippen LogP) is 3.95. The van der Waals surface area contributed by atoms with Gasteiger partial charge in [0.2, 0.25) is 0 Å². The Kier molecular flexibility index (Phi) is 8.43. The first kappa shape index (κ1) is 26.9. The van der Waals surface area contributed by atoms with Crippen molar-refractivity contribution in [3.8, 4) is 0 Å². The molecule has 38 heavy (non-hydrogen) atoms. The summed E-state index contributed by atoms with van der Waals surface area (Å²) in [5.74, 6) is -0.0779. The zero-order valence-electron chi connectivity index (χ0n) is 21.8. The number of nitrogens with one attached hydrogen (secondary N) is 1. The Labute approximate surface area is 222 Å². The van der Waals surface area contributed by atoms with Crippen molar-refractivity contribution in [3.05, 3.63) is 94.2 Å². The van der Waals surface area contributed by atoms with Gasteiger partial charge in [-0.25, -0.2) is 4.98 Å². The maximum atomic E-state index is 13.5. The van der Waals surface area contributed by atoms with E-state index >= 15 is 0 Å². The number of carbonyl (C=O) groups excluding carboxylic acids is 4. The van der Waals surface area contributed by atoms with Gasteiger partial charge in [-0.05, 0) is 60.4 Å². The third kappa shape index (κ3) is 6.39. The maximum absolute atomic E-state index is 13.5. The molecule has 1 aliphatic heterocycles. The van der Waals surface area contributed by atoms with Gasteiger partial charge in [0.1, 0.15) is 11.6 Å². The lowest BCUT2D eigenvalue weighted by atomic mass is 9.97. The molecule has 1 N–H and O–H groups in total. The molecule has 2 amide bonds. The van der Waals surface area contributed by atoms with E-state index in [1.807, 2.05) is 13.0 Å². The van der Waals surface area contributed by atoms with Crippen LogP contribution in [0.3, 0.4) is 0 Å². The molecule has 0 fully saturated rings. The highest BCUT2D eigenvalue weighted by Crippen LogP contribution is 2.24. The highest BCUT2D eigenvalue weighted by molar-refractivity contribution is 6.04. The van der Waals surface area contributed by atoms with Crippen LogP contribution in [0.15, 0.2) is 60.8 Å². The number of Topliss-reactive ketones (excluding diaryl/α,β-unsaturated/α-hetero) is 2. The number of anilines is 1. The van der Waals surface area contributed by atoms with E-state index in [-0.39, 0.29) is 42.8 Å². The van der Waals surface area contributed by atoms with Gasteiger partial charge in [0.25, 0.3) is 11.8 Å². The summed E-state index contributed by atoms with van der Waals surface area (Å²) >= 11 is 0. The molecule has 2 heterocycles. The molecule has 1 aliphatic rings. The Morgan fingerprint density at radius 3 is 2.47 bits per heavy atom. The average molecular weight is 514 g/mol. The molecule has 0 saturated carbocycles. The standard InChI is InChI=1S/C30H31N3O5/c1-19-4-11-28(31-17-19)32-29(36)23-8-5-21(6-9-23)18-33-20(2)27(35)16-24-14-22(7-10-26(24)30(33)37)15-25(34)12-13-38-3/h4-11,14,17,20H,12-13,15-16,18H2,1-3H3,(H,31,32,36)/t20-/m1/s1. The monoisotopic (exact) mass is 513 g/mol. The molecule has 3 aromatic rings. The number of hydrogen-bond donors (Lipinski definition) is 1. The molecule has 0 aliphatic carbocycles. The number of carbonyl (C=O) groups is 4. The molecule has 0 radical (unpaired) electrons. The van der Waals surface area contributed by atoms with Gasteiger partial charge in [0.05, 0.1) is 12.6 Å². The molecule has 0 unspecified atom stereocenters. The van der Waals surface area contributed by atoms with Crippen molar-refractivity contribution in [1.29, 1.82) is 0 Å². The summed E-state index contributed by atoms with van der Waals surface area (Å²) in [5, 5.41) is 2.77. The number of aryl methyl sites for hydroxylation is 1. The number of ketones is 2. The Hall–Kier alpha value is -4.17. The van der Waals surface area contributed by atoms with Gasteiger partial charge in [-0.2, -0.15) is 0 Å². The van der Waals surface area contributed by atoms with Gasteiger partial charge in [0.15, 0.2) is 5.78 Å². The minimum atomic E-state index is -0.614. The number of pyridine rings is 1. The number of rotatable bonds is 9. The smallest absolute Gasteiger partial charge is 0.256 e. The molecule has 1 aromatic heterocycles. The minimum Gasteiger partial charge on any atom is -0.384 e. The van der Waals surface area contributed by atoms with Crippen molar-refractivity contribution in [2.75, 3.05) is 19.0 Å². The van der Waals surface area contributed by atoms with Crippen molar-refractivity contribution < 1.29 is 23.9 Å².